The minimum Gasteiger partial charge on any atom is -0.493 e. The van der Waals surface area contributed by atoms with Crippen molar-refractivity contribution in [1.29, 1.82) is 0 Å². The Bertz CT molecular complexity index is 881. The molecule has 0 aromatic heterocycles. The van der Waals surface area contributed by atoms with E-state index < -0.39 is 0 Å². The molecule has 1 aliphatic heterocycles. The molecule has 1 aliphatic rings. The van der Waals surface area contributed by atoms with Crippen LogP contribution in [-0.2, 0) is 4.74 Å². The van der Waals surface area contributed by atoms with Crippen molar-refractivity contribution in [3.8, 4) is 11.5 Å². The third-order valence-electron chi connectivity index (χ3n) is 4.75. The highest BCUT2D eigenvalue weighted by molar-refractivity contribution is 6.01. The van der Waals surface area contributed by atoms with Gasteiger partial charge in [-0.15, -0.1) is 0 Å². The van der Waals surface area contributed by atoms with Gasteiger partial charge in [-0.2, -0.15) is 0 Å². The molecule has 0 saturated heterocycles. The Hall–Kier alpha value is -2.99. The number of hydrogen-bond donors (Lipinski definition) is 1. The van der Waals surface area contributed by atoms with E-state index in [0.29, 0.717) is 36.8 Å². The lowest BCUT2D eigenvalue weighted by Crippen LogP contribution is -2.43. The number of carbonyl (C=O) groups excluding carboxylic acids is 1. The van der Waals surface area contributed by atoms with Gasteiger partial charge in [0, 0.05) is 25.9 Å². The van der Waals surface area contributed by atoms with Gasteiger partial charge in [-0.25, -0.2) is 0 Å². The molecule has 154 valence electrons. The summed E-state index contributed by atoms with van der Waals surface area (Å²) in [5, 5.41) is 3.50. The molecule has 0 radical (unpaired) electrons. The second-order valence-corrected chi connectivity index (χ2v) is 7.09. The van der Waals surface area contributed by atoms with Crippen LogP contribution in [0.4, 0.5) is 5.69 Å². The normalized spacial score (nSPS) is 15.5. The molecule has 1 unspecified atom stereocenters. The summed E-state index contributed by atoms with van der Waals surface area (Å²) in [4.78, 5) is 15.0. The molecular weight excluding hydrogens is 368 g/mol. The summed E-state index contributed by atoms with van der Waals surface area (Å²) in [5.74, 6) is 1.27. The van der Waals surface area contributed by atoms with Gasteiger partial charge in [-0.3, -0.25) is 4.79 Å². The van der Waals surface area contributed by atoms with E-state index in [0.717, 1.165) is 23.2 Å². The summed E-state index contributed by atoms with van der Waals surface area (Å²) >= 11 is 0. The Kier molecular flexibility index (Phi) is 6.77. The maximum Gasteiger partial charge on any atom is 0.257 e. The quantitative estimate of drug-likeness (QED) is 0.507. The molecule has 0 spiro atoms. The number of nitrogens with zero attached hydrogens (tertiary/aromatic N) is 1. The minimum absolute atomic E-state index is 0.00188. The number of nitrogens with one attached hydrogen (secondary N) is 1. The first-order valence-corrected chi connectivity index (χ1v) is 9.65. The van der Waals surface area contributed by atoms with E-state index in [-0.39, 0.29) is 12.1 Å². The summed E-state index contributed by atoms with van der Waals surface area (Å²) in [7, 11) is 3.27. The van der Waals surface area contributed by atoms with E-state index in [1.165, 1.54) is 0 Å². The molecule has 0 saturated carbocycles. The van der Waals surface area contributed by atoms with Crippen molar-refractivity contribution < 1.29 is 19.0 Å². The highest BCUT2D eigenvalue weighted by Gasteiger charge is 2.32. The van der Waals surface area contributed by atoms with Gasteiger partial charge in [0.15, 0.2) is 11.5 Å². The van der Waals surface area contributed by atoms with Crippen LogP contribution in [0, 0.1) is 0 Å². The van der Waals surface area contributed by atoms with Crippen molar-refractivity contribution in [1.82, 2.24) is 4.90 Å². The standard InChI is InChI=1S/C23H28N2O4/c1-16(2)15-29-20-11-10-17(14-21(20)28-4)22-24-19-9-6-5-8-18(19)23(26)25(22)12-7-13-27-3/h5-6,8-11,14,22,24H,1,7,12-13,15H2,2-4H3. The highest BCUT2D eigenvalue weighted by atomic mass is 16.5. The lowest BCUT2D eigenvalue weighted by molar-refractivity contribution is 0.0660. The van der Waals surface area contributed by atoms with Crippen molar-refractivity contribution in [2.45, 2.75) is 19.5 Å². The Balaban J connectivity index is 1.93. The first kappa shape index (κ1) is 20.7. The summed E-state index contributed by atoms with van der Waals surface area (Å²) < 4.78 is 16.5. The van der Waals surface area contributed by atoms with Gasteiger partial charge in [0.05, 0.1) is 12.7 Å². The molecule has 2 aromatic rings. The largest absolute Gasteiger partial charge is 0.493 e. The maximum absolute atomic E-state index is 13.2. The smallest absolute Gasteiger partial charge is 0.257 e. The summed E-state index contributed by atoms with van der Waals surface area (Å²) in [6.45, 7) is 7.37. The predicted octanol–water partition coefficient (Wildman–Crippen LogP) is 4.25. The number of hydrogen-bond acceptors (Lipinski definition) is 5. The van der Waals surface area contributed by atoms with Gasteiger partial charge in [0.25, 0.3) is 5.91 Å². The first-order valence-electron chi connectivity index (χ1n) is 9.65. The zero-order valence-corrected chi connectivity index (χ0v) is 17.2. The van der Waals surface area contributed by atoms with Gasteiger partial charge < -0.3 is 24.4 Å². The zero-order chi connectivity index (χ0) is 20.8. The zero-order valence-electron chi connectivity index (χ0n) is 17.2. The van der Waals surface area contributed by atoms with Crippen LogP contribution in [0.15, 0.2) is 54.6 Å². The van der Waals surface area contributed by atoms with Crippen LogP contribution in [0.3, 0.4) is 0 Å². The van der Waals surface area contributed by atoms with Crippen LogP contribution < -0.4 is 14.8 Å². The number of rotatable bonds is 9. The second-order valence-electron chi connectivity index (χ2n) is 7.09. The third kappa shape index (κ3) is 4.71. The molecule has 6 nitrogen and oxygen atoms in total. The van der Waals surface area contributed by atoms with Crippen LogP contribution in [-0.4, -0.2) is 44.8 Å². The van der Waals surface area contributed by atoms with Crippen molar-refractivity contribution in [2.24, 2.45) is 0 Å². The molecule has 6 heteroatoms. The van der Waals surface area contributed by atoms with E-state index in [4.69, 9.17) is 14.2 Å². The van der Waals surface area contributed by atoms with Crippen LogP contribution >= 0.6 is 0 Å². The van der Waals surface area contributed by atoms with Crippen LogP contribution in [0.1, 0.15) is 35.4 Å². The van der Waals surface area contributed by atoms with E-state index in [1.807, 2.05) is 54.3 Å². The number of anilines is 1. The van der Waals surface area contributed by atoms with Gasteiger partial charge in [0.1, 0.15) is 12.8 Å². The minimum atomic E-state index is -0.307. The summed E-state index contributed by atoms with van der Waals surface area (Å²) in [6, 6.07) is 13.3. The molecule has 1 amide bonds. The second kappa shape index (κ2) is 9.47. The van der Waals surface area contributed by atoms with Crippen molar-refractivity contribution >= 4 is 11.6 Å². The monoisotopic (exact) mass is 396 g/mol. The fourth-order valence-electron chi connectivity index (χ4n) is 3.34. The van der Waals surface area contributed by atoms with Gasteiger partial charge in [-0.1, -0.05) is 24.8 Å². The van der Waals surface area contributed by atoms with Gasteiger partial charge in [-0.05, 0) is 48.7 Å². The summed E-state index contributed by atoms with van der Waals surface area (Å²) in [6.07, 6.45) is 0.442. The van der Waals surface area contributed by atoms with Crippen LogP contribution in [0.25, 0.3) is 0 Å². The Morgan fingerprint density at radius 1 is 1.17 bits per heavy atom. The van der Waals surface area contributed by atoms with Gasteiger partial charge >= 0.3 is 0 Å². The number of methoxy groups -OCH3 is 2. The predicted molar refractivity (Wildman–Crippen MR) is 114 cm³/mol. The molecule has 29 heavy (non-hydrogen) atoms. The lowest BCUT2D eigenvalue weighted by atomic mass is 10.0. The Labute approximate surface area is 172 Å². The van der Waals surface area contributed by atoms with E-state index in [1.54, 1.807) is 14.2 Å². The molecule has 3 rings (SSSR count). The highest BCUT2D eigenvalue weighted by Crippen LogP contribution is 2.37. The Morgan fingerprint density at radius 2 is 1.97 bits per heavy atom. The van der Waals surface area contributed by atoms with Crippen LogP contribution in [0.5, 0.6) is 11.5 Å². The van der Waals surface area contributed by atoms with E-state index in [9.17, 15) is 4.79 Å². The van der Waals surface area contributed by atoms with Crippen LogP contribution in [0.2, 0.25) is 0 Å². The molecule has 0 aliphatic carbocycles. The van der Waals surface area contributed by atoms with Crippen molar-refractivity contribution in [2.75, 3.05) is 39.3 Å². The molecule has 2 aromatic carbocycles. The number of fused-ring (bicyclic) bond motifs is 1. The number of ether oxygens (including phenoxy) is 3. The van der Waals surface area contributed by atoms with Gasteiger partial charge in [0.2, 0.25) is 0 Å². The fraction of sp³-hybridized carbons (Fsp3) is 0.348. The number of amides is 1. The van der Waals surface area contributed by atoms with Crippen molar-refractivity contribution in [3.05, 3.63) is 65.7 Å². The number of para-hydroxylation sites is 1. The molecular formula is C23H28N2O4. The first-order chi connectivity index (χ1) is 14.0. The molecule has 0 bridgehead atoms. The van der Waals surface area contributed by atoms with E-state index in [2.05, 4.69) is 11.9 Å². The Morgan fingerprint density at radius 3 is 2.69 bits per heavy atom. The van der Waals surface area contributed by atoms with Crippen molar-refractivity contribution in [3.63, 3.8) is 0 Å². The molecule has 1 heterocycles. The average molecular weight is 396 g/mol. The fourth-order valence-corrected chi connectivity index (χ4v) is 3.34. The molecule has 1 atom stereocenters. The lowest BCUT2D eigenvalue weighted by Gasteiger charge is -2.38. The maximum atomic E-state index is 13.2. The third-order valence-corrected chi connectivity index (χ3v) is 4.75. The average Bonchev–Trinajstić information content (AvgIpc) is 2.73. The SMILES string of the molecule is C=C(C)COc1ccc(C2Nc3ccccc3C(=O)N2CCCOC)cc1OC. The topological polar surface area (TPSA) is 60.0 Å². The number of carbonyl (C=O) groups is 1. The molecule has 1 N–H and O–H groups in total. The number of benzene rings is 2. The molecule has 0 fully saturated rings. The van der Waals surface area contributed by atoms with E-state index >= 15 is 0 Å². The summed E-state index contributed by atoms with van der Waals surface area (Å²) in [5.41, 5.74) is 3.35.